The van der Waals surface area contributed by atoms with Crippen LogP contribution in [0, 0.1) is 0 Å². The van der Waals surface area contributed by atoms with Crippen LogP contribution in [-0.2, 0) is 20.9 Å². The summed E-state index contributed by atoms with van der Waals surface area (Å²) in [5, 5.41) is 12.1. The van der Waals surface area contributed by atoms with E-state index in [0.717, 1.165) is 5.56 Å². The number of benzene rings is 1. The van der Waals surface area contributed by atoms with Crippen molar-refractivity contribution in [1.29, 1.82) is 0 Å². The molecule has 1 aliphatic rings. The average molecular weight is 415 g/mol. The number of methoxy groups -OCH3 is 1. The number of rotatable bonds is 9. The average Bonchev–Trinajstić information content (AvgIpc) is 3.19. The Morgan fingerprint density at radius 3 is 2.80 bits per heavy atom. The van der Waals surface area contributed by atoms with E-state index in [1.54, 1.807) is 30.3 Å². The molecule has 9 nitrogen and oxygen atoms in total. The van der Waals surface area contributed by atoms with Gasteiger partial charge in [-0.1, -0.05) is 30.3 Å². The van der Waals surface area contributed by atoms with Gasteiger partial charge in [-0.05, 0) is 18.1 Å². The molecule has 1 aliphatic heterocycles. The van der Waals surface area contributed by atoms with Crippen LogP contribution in [0.2, 0.25) is 0 Å². The molecule has 30 heavy (non-hydrogen) atoms. The molecule has 0 spiro atoms. The lowest BCUT2D eigenvalue weighted by molar-refractivity contribution is -0.144. The van der Waals surface area contributed by atoms with E-state index < -0.39 is 18.7 Å². The van der Waals surface area contributed by atoms with Gasteiger partial charge < -0.3 is 29.5 Å². The molecule has 0 bridgehead atoms. The molecule has 3 rings (SSSR count). The maximum Gasteiger partial charge on any atom is 0.410 e. The van der Waals surface area contributed by atoms with Crippen LogP contribution in [0.4, 0.5) is 10.6 Å². The first-order valence-electron chi connectivity index (χ1n) is 9.59. The Morgan fingerprint density at radius 1 is 1.27 bits per heavy atom. The molecule has 2 aromatic rings. The molecule has 1 aromatic heterocycles. The zero-order valence-corrected chi connectivity index (χ0v) is 16.7. The van der Waals surface area contributed by atoms with Crippen molar-refractivity contribution >= 4 is 17.9 Å². The number of hydrogen-bond donors (Lipinski definition) is 2. The predicted molar refractivity (Wildman–Crippen MR) is 108 cm³/mol. The summed E-state index contributed by atoms with van der Waals surface area (Å²) < 4.78 is 16.1. The van der Waals surface area contributed by atoms with Crippen LogP contribution >= 0.6 is 0 Å². The van der Waals surface area contributed by atoms with Crippen molar-refractivity contribution in [2.24, 2.45) is 0 Å². The zero-order valence-electron chi connectivity index (χ0n) is 16.7. The van der Waals surface area contributed by atoms with Gasteiger partial charge in [-0.3, -0.25) is 0 Å². The Kier molecular flexibility index (Phi) is 7.45. The van der Waals surface area contributed by atoms with Gasteiger partial charge in [0.2, 0.25) is 0 Å². The summed E-state index contributed by atoms with van der Waals surface area (Å²) >= 11 is 0. The number of carboxylic acid groups (broad SMARTS) is 1. The van der Waals surface area contributed by atoms with E-state index in [1.807, 2.05) is 30.3 Å². The van der Waals surface area contributed by atoms with E-state index in [2.05, 4.69) is 10.3 Å². The van der Waals surface area contributed by atoms with Gasteiger partial charge in [0, 0.05) is 18.8 Å². The molecule has 2 atom stereocenters. The first kappa shape index (κ1) is 21.4. The molecular formula is C21H25N3O6. The van der Waals surface area contributed by atoms with E-state index in [9.17, 15) is 9.59 Å². The monoisotopic (exact) mass is 415 g/mol. The summed E-state index contributed by atoms with van der Waals surface area (Å²) in [6.07, 6.45) is 1.27. The van der Waals surface area contributed by atoms with Crippen molar-refractivity contribution in [3.63, 3.8) is 0 Å². The number of carbonyl (C=O) groups is 2. The van der Waals surface area contributed by atoms with Gasteiger partial charge >= 0.3 is 12.1 Å². The fourth-order valence-electron chi connectivity index (χ4n) is 3.26. The molecule has 0 saturated carbocycles. The fourth-order valence-corrected chi connectivity index (χ4v) is 3.26. The highest BCUT2D eigenvalue weighted by atomic mass is 16.6. The van der Waals surface area contributed by atoms with Crippen molar-refractivity contribution < 1.29 is 28.9 Å². The van der Waals surface area contributed by atoms with Gasteiger partial charge in [-0.25, -0.2) is 14.6 Å². The van der Waals surface area contributed by atoms with Crippen molar-refractivity contribution in [3.8, 4) is 5.75 Å². The molecule has 160 valence electrons. The van der Waals surface area contributed by atoms with Gasteiger partial charge in [-0.15, -0.1) is 0 Å². The van der Waals surface area contributed by atoms with Gasteiger partial charge in [-0.2, -0.15) is 0 Å². The number of ether oxygens (including phenoxy) is 3. The lowest BCUT2D eigenvalue weighted by atomic mass is 10.2. The van der Waals surface area contributed by atoms with E-state index in [4.69, 9.17) is 19.3 Å². The van der Waals surface area contributed by atoms with E-state index in [-0.39, 0.29) is 25.3 Å². The van der Waals surface area contributed by atoms with Crippen LogP contribution in [0.1, 0.15) is 12.0 Å². The van der Waals surface area contributed by atoms with Crippen LogP contribution in [-0.4, -0.2) is 66.0 Å². The van der Waals surface area contributed by atoms with Crippen LogP contribution < -0.4 is 10.1 Å². The SMILES string of the molecule is COc1ccnc(NC[C@@H]2C[C@@H](OCC(=O)O)CN2C(=O)OCc2ccccc2)c1. The highest BCUT2D eigenvalue weighted by Gasteiger charge is 2.37. The number of carboxylic acids is 1. The third-order valence-electron chi connectivity index (χ3n) is 4.74. The summed E-state index contributed by atoms with van der Waals surface area (Å²) in [4.78, 5) is 29.3. The number of likely N-dealkylation sites (tertiary alicyclic amines) is 1. The minimum Gasteiger partial charge on any atom is -0.497 e. The number of nitrogens with zero attached hydrogens (tertiary/aromatic N) is 2. The smallest absolute Gasteiger partial charge is 0.410 e. The molecule has 1 fully saturated rings. The molecule has 2 heterocycles. The number of aliphatic carboxylic acids is 1. The Balaban J connectivity index is 1.61. The largest absolute Gasteiger partial charge is 0.497 e. The van der Waals surface area contributed by atoms with Crippen molar-refractivity contribution in [1.82, 2.24) is 9.88 Å². The number of nitrogens with one attached hydrogen (secondary N) is 1. The summed E-state index contributed by atoms with van der Waals surface area (Å²) in [5.74, 6) is 0.234. The molecule has 1 aromatic carbocycles. The first-order valence-corrected chi connectivity index (χ1v) is 9.59. The third kappa shape index (κ3) is 6.08. The quantitative estimate of drug-likeness (QED) is 0.642. The van der Waals surface area contributed by atoms with Crippen molar-refractivity contribution in [2.45, 2.75) is 25.2 Å². The third-order valence-corrected chi connectivity index (χ3v) is 4.74. The molecule has 0 aliphatic carbocycles. The number of amides is 1. The molecule has 2 N–H and O–H groups in total. The second-order valence-corrected chi connectivity index (χ2v) is 6.87. The fraction of sp³-hybridized carbons (Fsp3) is 0.381. The minimum atomic E-state index is -1.05. The van der Waals surface area contributed by atoms with Gasteiger partial charge in [0.05, 0.1) is 25.8 Å². The van der Waals surface area contributed by atoms with Crippen LogP contribution in [0.5, 0.6) is 5.75 Å². The predicted octanol–water partition coefficient (Wildman–Crippen LogP) is 2.38. The highest BCUT2D eigenvalue weighted by molar-refractivity contribution is 5.69. The summed E-state index contributed by atoms with van der Waals surface area (Å²) in [6.45, 7) is 0.426. The molecule has 1 saturated heterocycles. The number of anilines is 1. The van der Waals surface area contributed by atoms with E-state index >= 15 is 0 Å². The van der Waals surface area contributed by atoms with Crippen LogP contribution in [0.3, 0.4) is 0 Å². The number of pyridine rings is 1. The normalized spacial score (nSPS) is 18.1. The lowest BCUT2D eigenvalue weighted by Gasteiger charge is -2.24. The highest BCUT2D eigenvalue weighted by Crippen LogP contribution is 2.23. The summed E-state index contributed by atoms with van der Waals surface area (Å²) in [7, 11) is 1.57. The Bertz CT molecular complexity index is 848. The first-order chi connectivity index (χ1) is 14.5. The number of hydrogen-bond acceptors (Lipinski definition) is 7. The second-order valence-electron chi connectivity index (χ2n) is 6.87. The standard InChI is InChI=1S/C21H25N3O6/c1-28-17-7-8-22-19(10-17)23-11-16-9-18(29-14-20(25)26)12-24(16)21(27)30-13-15-5-3-2-4-6-15/h2-8,10,16,18H,9,11-14H2,1H3,(H,22,23)(H,25,26)/t16-,18+/m0/s1. The molecular weight excluding hydrogens is 390 g/mol. The molecule has 1 amide bonds. The molecule has 0 unspecified atom stereocenters. The molecule has 0 radical (unpaired) electrons. The van der Waals surface area contributed by atoms with Gasteiger partial charge in [0.1, 0.15) is 24.8 Å². The maximum atomic E-state index is 12.7. The van der Waals surface area contributed by atoms with E-state index in [1.165, 1.54) is 0 Å². The summed E-state index contributed by atoms with van der Waals surface area (Å²) in [5.41, 5.74) is 0.888. The van der Waals surface area contributed by atoms with Crippen LogP contribution in [0.25, 0.3) is 0 Å². The maximum absolute atomic E-state index is 12.7. The van der Waals surface area contributed by atoms with Crippen molar-refractivity contribution in [2.75, 3.05) is 32.1 Å². The van der Waals surface area contributed by atoms with Gasteiger partial charge in [0.25, 0.3) is 0 Å². The Morgan fingerprint density at radius 2 is 2.07 bits per heavy atom. The Hall–Kier alpha value is -3.33. The summed E-state index contributed by atoms with van der Waals surface area (Å²) in [6, 6.07) is 12.7. The van der Waals surface area contributed by atoms with Gasteiger partial charge in [0.15, 0.2) is 0 Å². The van der Waals surface area contributed by atoms with Crippen LogP contribution in [0.15, 0.2) is 48.7 Å². The molecule has 9 heteroatoms. The number of aromatic nitrogens is 1. The number of carbonyl (C=O) groups excluding carboxylic acids is 1. The van der Waals surface area contributed by atoms with E-state index in [0.29, 0.717) is 24.5 Å². The zero-order chi connectivity index (χ0) is 21.3. The second kappa shape index (κ2) is 10.4. The minimum absolute atomic E-state index is 0.161. The topological polar surface area (TPSA) is 110 Å². The Labute approximate surface area is 174 Å². The van der Waals surface area contributed by atoms with Crippen molar-refractivity contribution in [3.05, 3.63) is 54.2 Å². The lowest BCUT2D eigenvalue weighted by Crippen LogP contribution is -2.40.